The Balaban J connectivity index is 2.04. The van der Waals surface area contributed by atoms with Gasteiger partial charge in [-0.15, -0.1) is 0 Å². The van der Waals surface area contributed by atoms with Gasteiger partial charge >= 0.3 is 0 Å². The summed E-state index contributed by atoms with van der Waals surface area (Å²) < 4.78 is 10.9. The number of methoxy groups -OCH3 is 2. The predicted octanol–water partition coefficient (Wildman–Crippen LogP) is 2.80. The van der Waals surface area contributed by atoms with E-state index < -0.39 is 0 Å². The number of halogens is 1. The third kappa shape index (κ3) is 6.14. The van der Waals surface area contributed by atoms with E-state index in [1.54, 1.807) is 56.7 Å². The van der Waals surface area contributed by atoms with Crippen LogP contribution in [0.4, 0.5) is 5.69 Å². The number of hydrogen-bond acceptors (Lipinski definition) is 5. The highest BCUT2D eigenvalue weighted by Gasteiger charge is 2.14. The first kappa shape index (κ1) is 22.1. The van der Waals surface area contributed by atoms with Gasteiger partial charge in [0.25, 0.3) is 11.8 Å². The monoisotopic (exact) mass is 513 g/mol. The number of para-hydroxylation sites is 1. The third-order valence-corrected chi connectivity index (χ3v) is 4.70. The van der Waals surface area contributed by atoms with Crippen molar-refractivity contribution in [2.24, 2.45) is 0 Å². The molecule has 0 heterocycles. The second-order valence-electron chi connectivity index (χ2n) is 5.55. The zero-order valence-corrected chi connectivity index (χ0v) is 18.3. The second kappa shape index (κ2) is 10.9. The largest absolute Gasteiger partial charge is 0.496 e. The van der Waals surface area contributed by atoms with Crippen LogP contribution in [0.2, 0.25) is 0 Å². The van der Waals surface area contributed by atoms with Crippen molar-refractivity contribution < 1.29 is 19.1 Å². The fraction of sp³-hybridized carbons (Fsp3) is 0.211. The van der Waals surface area contributed by atoms with Crippen molar-refractivity contribution in [3.8, 4) is 5.75 Å². The van der Waals surface area contributed by atoms with Gasteiger partial charge in [0.1, 0.15) is 5.75 Å². The molecule has 3 N–H and O–H groups in total. The van der Waals surface area contributed by atoms with Crippen LogP contribution in [-0.4, -0.2) is 44.3 Å². The van der Waals surface area contributed by atoms with Gasteiger partial charge in [0, 0.05) is 19.2 Å². The summed E-state index contributed by atoms with van der Waals surface area (Å²) in [6.07, 6.45) is 0. The van der Waals surface area contributed by atoms with Crippen LogP contribution in [0.5, 0.6) is 5.75 Å². The van der Waals surface area contributed by atoms with Gasteiger partial charge in [-0.1, -0.05) is 12.1 Å². The minimum atomic E-state index is -0.361. The molecule has 0 spiro atoms. The Bertz CT molecular complexity index is 876. The molecule has 0 unspecified atom stereocenters. The molecule has 0 aromatic heterocycles. The Morgan fingerprint density at radius 3 is 2.54 bits per heavy atom. The average molecular weight is 513 g/mol. The van der Waals surface area contributed by atoms with Gasteiger partial charge in [-0.3, -0.25) is 14.9 Å². The van der Waals surface area contributed by atoms with E-state index in [1.165, 1.54) is 0 Å². The molecule has 7 nitrogen and oxygen atoms in total. The SMILES string of the molecule is COCCNC(=O)c1ccccc1NC(=S)NC(=O)c1ccc(OC)c(I)c1. The van der Waals surface area contributed by atoms with Gasteiger partial charge in [0.15, 0.2) is 5.11 Å². The lowest BCUT2D eigenvalue weighted by atomic mass is 10.1. The molecule has 0 atom stereocenters. The summed E-state index contributed by atoms with van der Waals surface area (Å²) in [6.45, 7) is 0.803. The quantitative estimate of drug-likeness (QED) is 0.300. The van der Waals surface area contributed by atoms with E-state index >= 15 is 0 Å². The van der Waals surface area contributed by atoms with E-state index in [0.717, 1.165) is 3.57 Å². The minimum absolute atomic E-state index is 0.0907. The van der Waals surface area contributed by atoms with Gasteiger partial charge in [-0.25, -0.2) is 0 Å². The molecular weight excluding hydrogens is 493 g/mol. The molecule has 9 heteroatoms. The van der Waals surface area contributed by atoms with Crippen LogP contribution < -0.4 is 20.7 Å². The number of carbonyl (C=O) groups is 2. The number of carbonyl (C=O) groups excluding carboxylic acids is 2. The number of anilines is 1. The number of benzene rings is 2. The predicted molar refractivity (Wildman–Crippen MR) is 120 cm³/mol. The first-order chi connectivity index (χ1) is 13.5. The first-order valence-electron chi connectivity index (χ1n) is 8.28. The number of rotatable bonds is 7. The highest BCUT2D eigenvalue weighted by atomic mass is 127. The van der Waals surface area contributed by atoms with Gasteiger partial charge in [0.05, 0.1) is 28.5 Å². The first-order valence-corrected chi connectivity index (χ1v) is 9.77. The van der Waals surface area contributed by atoms with Crippen LogP contribution in [-0.2, 0) is 4.74 Å². The highest BCUT2D eigenvalue weighted by Crippen LogP contribution is 2.21. The molecule has 148 valence electrons. The standard InChI is InChI=1S/C19H20IN3O4S/c1-26-10-9-21-18(25)13-5-3-4-6-15(13)22-19(28)23-17(24)12-7-8-16(27-2)14(20)11-12/h3-8,11H,9-10H2,1-2H3,(H,21,25)(H2,22,23,24,28). The van der Waals surface area contributed by atoms with E-state index in [4.69, 9.17) is 21.7 Å². The third-order valence-electron chi connectivity index (χ3n) is 3.65. The molecule has 0 aliphatic rings. The summed E-state index contributed by atoms with van der Waals surface area (Å²) in [4.78, 5) is 24.7. The topological polar surface area (TPSA) is 88.7 Å². The molecular formula is C19H20IN3O4S. The summed E-state index contributed by atoms with van der Waals surface area (Å²) in [5, 5.41) is 8.35. The molecule has 0 aliphatic carbocycles. The van der Waals surface area contributed by atoms with E-state index in [0.29, 0.717) is 35.7 Å². The Morgan fingerprint density at radius 1 is 1.11 bits per heavy atom. The Morgan fingerprint density at radius 2 is 1.86 bits per heavy atom. The maximum Gasteiger partial charge on any atom is 0.257 e. The summed E-state index contributed by atoms with van der Waals surface area (Å²) in [5.41, 5.74) is 1.35. The van der Waals surface area contributed by atoms with Crippen LogP contribution in [0.3, 0.4) is 0 Å². The fourth-order valence-corrected chi connectivity index (χ4v) is 3.23. The Labute approximate surface area is 182 Å². The van der Waals surface area contributed by atoms with Crippen molar-refractivity contribution in [2.45, 2.75) is 0 Å². The van der Waals surface area contributed by atoms with Gasteiger partial charge in [0.2, 0.25) is 0 Å². The fourth-order valence-electron chi connectivity index (χ4n) is 2.29. The number of ether oxygens (including phenoxy) is 2. The summed E-state index contributed by atoms with van der Waals surface area (Å²) in [7, 11) is 3.13. The molecule has 2 aromatic rings. The van der Waals surface area contributed by atoms with Crippen molar-refractivity contribution in [3.05, 3.63) is 57.2 Å². The summed E-state index contributed by atoms with van der Waals surface area (Å²) in [6, 6.07) is 12.0. The van der Waals surface area contributed by atoms with E-state index in [-0.39, 0.29) is 16.9 Å². The average Bonchev–Trinajstić information content (AvgIpc) is 2.68. The molecule has 0 fully saturated rings. The van der Waals surface area contributed by atoms with Crippen molar-refractivity contribution >= 4 is 57.4 Å². The van der Waals surface area contributed by atoms with E-state index in [1.807, 2.05) is 0 Å². The van der Waals surface area contributed by atoms with Crippen molar-refractivity contribution in [1.29, 1.82) is 0 Å². The van der Waals surface area contributed by atoms with Crippen LogP contribution in [0, 0.1) is 3.57 Å². The van der Waals surface area contributed by atoms with Crippen molar-refractivity contribution in [3.63, 3.8) is 0 Å². The van der Waals surface area contributed by atoms with E-state index in [2.05, 4.69) is 38.5 Å². The molecule has 0 saturated carbocycles. The highest BCUT2D eigenvalue weighted by molar-refractivity contribution is 14.1. The molecule has 0 bridgehead atoms. The maximum absolute atomic E-state index is 12.4. The van der Waals surface area contributed by atoms with Gasteiger partial charge in [-0.2, -0.15) is 0 Å². The molecule has 0 aliphatic heterocycles. The minimum Gasteiger partial charge on any atom is -0.496 e. The molecule has 0 radical (unpaired) electrons. The smallest absolute Gasteiger partial charge is 0.257 e. The van der Waals surface area contributed by atoms with Crippen LogP contribution in [0.25, 0.3) is 0 Å². The number of amides is 2. The second-order valence-corrected chi connectivity index (χ2v) is 7.12. The van der Waals surface area contributed by atoms with E-state index in [9.17, 15) is 9.59 Å². The van der Waals surface area contributed by atoms with Gasteiger partial charge < -0.3 is 20.1 Å². The Kier molecular flexibility index (Phi) is 8.61. The lowest BCUT2D eigenvalue weighted by Crippen LogP contribution is -2.35. The molecule has 0 saturated heterocycles. The number of thiocarbonyl (C=S) groups is 1. The van der Waals surface area contributed by atoms with Crippen molar-refractivity contribution in [1.82, 2.24) is 10.6 Å². The molecule has 2 amide bonds. The van der Waals surface area contributed by atoms with Crippen LogP contribution in [0.15, 0.2) is 42.5 Å². The van der Waals surface area contributed by atoms with Gasteiger partial charge in [-0.05, 0) is 65.1 Å². The number of hydrogen-bond donors (Lipinski definition) is 3. The molecule has 2 rings (SSSR count). The van der Waals surface area contributed by atoms with Crippen molar-refractivity contribution in [2.75, 3.05) is 32.7 Å². The lowest BCUT2D eigenvalue weighted by Gasteiger charge is -2.14. The Hall–Kier alpha value is -2.24. The lowest BCUT2D eigenvalue weighted by molar-refractivity contribution is 0.0936. The molecule has 28 heavy (non-hydrogen) atoms. The zero-order chi connectivity index (χ0) is 20.5. The summed E-state index contributed by atoms with van der Waals surface area (Å²) in [5.74, 6) is 0.0605. The maximum atomic E-state index is 12.4. The molecule has 2 aromatic carbocycles. The zero-order valence-electron chi connectivity index (χ0n) is 15.4. The summed E-state index contributed by atoms with van der Waals surface area (Å²) >= 11 is 7.31. The number of nitrogens with one attached hydrogen (secondary N) is 3. The normalized spacial score (nSPS) is 10.1. The van der Waals surface area contributed by atoms with Crippen LogP contribution >= 0.6 is 34.8 Å². The van der Waals surface area contributed by atoms with Crippen LogP contribution in [0.1, 0.15) is 20.7 Å².